The number of carbonyl (C=O) groups is 2. The van der Waals surface area contributed by atoms with Gasteiger partial charge in [0, 0.05) is 69.0 Å². The van der Waals surface area contributed by atoms with E-state index in [2.05, 4.69) is 9.88 Å². The second-order valence-corrected chi connectivity index (χ2v) is 15.7. The zero-order valence-corrected chi connectivity index (χ0v) is 30.8. The molecule has 4 heterocycles. The molecule has 0 radical (unpaired) electrons. The molecule has 3 atom stereocenters. The first kappa shape index (κ1) is 37.1. The second kappa shape index (κ2) is 14.4. The molecule has 0 bridgehead atoms. The molecule has 0 unspecified atom stereocenters. The highest BCUT2D eigenvalue weighted by Crippen LogP contribution is 2.48. The predicted octanol–water partition coefficient (Wildman–Crippen LogP) is 6.50. The van der Waals surface area contributed by atoms with Crippen molar-refractivity contribution in [3.63, 3.8) is 0 Å². The lowest BCUT2D eigenvalue weighted by Crippen LogP contribution is -2.59. The summed E-state index contributed by atoms with van der Waals surface area (Å²) in [4.78, 5) is 51.5. The van der Waals surface area contributed by atoms with E-state index >= 15 is 0 Å². The number of carbonyl (C=O) groups excluding carboxylic acids is 2. The van der Waals surface area contributed by atoms with E-state index in [1.54, 1.807) is 35.5 Å². The van der Waals surface area contributed by atoms with E-state index in [1.165, 1.54) is 16.3 Å². The van der Waals surface area contributed by atoms with Crippen LogP contribution in [0.15, 0.2) is 46.1 Å². The number of thioether (sulfide) groups is 1. The van der Waals surface area contributed by atoms with Crippen LogP contribution in [0.4, 0.5) is 28.6 Å². The molecule has 3 aliphatic rings. The predicted molar refractivity (Wildman–Crippen MR) is 190 cm³/mol. The van der Waals surface area contributed by atoms with Gasteiger partial charge in [0.1, 0.15) is 18.0 Å². The molecule has 1 aromatic heterocycles. The standard InChI is InChI=1S/C35H42ClF3N6O5S/c1-21-17-44(33(48)50-34(3,4)5)22(2)16-43(21)30-25-15-26(35(37,38)39)27(36)29-28(25)45(31(46)40-30)24(20-51-29)18-41-11-13-42(14-12-41)32(47)49-19-23-9-7-6-8-10-23/h6-10,15,21-22,24H,11-14,16-20H2,1-5H3/t21-,22-,24-/m0/s1. The zero-order valence-electron chi connectivity index (χ0n) is 29.2. The van der Waals surface area contributed by atoms with Crippen LogP contribution < -0.4 is 10.6 Å². The number of aromatic nitrogens is 2. The Bertz CT molecular complexity index is 1850. The molecular formula is C35H42ClF3N6O5S. The number of halogens is 4. The van der Waals surface area contributed by atoms with Gasteiger partial charge in [0.2, 0.25) is 0 Å². The summed E-state index contributed by atoms with van der Waals surface area (Å²) >= 11 is 7.67. The van der Waals surface area contributed by atoms with Gasteiger partial charge in [-0.15, -0.1) is 11.8 Å². The van der Waals surface area contributed by atoms with Crippen LogP contribution in [0.3, 0.4) is 0 Å². The van der Waals surface area contributed by atoms with Crippen molar-refractivity contribution in [2.75, 3.05) is 56.5 Å². The molecule has 276 valence electrons. The number of amides is 2. The molecule has 6 rings (SSSR count). The van der Waals surface area contributed by atoms with Crippen molar-refractivity contribution >= 4 is 52.3 Å². The molecule has 51 heavy (non-hydrogen) atoms. The van der Waals surface area contributed by atoms with Crippen molar-refractivity contribution in [1.29, 1.82) is 0 Å². The quantitative estimate of drug-likeness (QED) is 0.289. The molecule has 3 aromatic rings. The summed E-state index contributed by atoms with van der Waals surface area (Å²) in [5.41, 5.74) is -1.06. The summed E-state index contributed by atoms with van der Waals surface area (Å²) in [7, 11) is 0. The number of nitrogens with zero attached hydrogens (tertiary/aromatic N) is 6. The molecule has 2 saturated heterocycles. The molecule has 3 aliphatic heterocycles. The highest BCUT2D eigenvalue weighted by atomic mass is 35.5. The average Bonchev–Trinajstić information content (AvgIpc) is 3.06. The van der Waals surface area contributed by atoms with Crippen molar-refractivity contribution in [3.8, 4) is 0 Å². The minimum Gasteiger partial charge on any atom is -0.445 e. The third-order valence-electron chi connectivity index (χ3n) is 9.37. The number of benzene rings is 2. The summed E-state index contributed by atoms with van der Waals surface area (Å²) in [5.74, 6) is 0.438. The smallest absolute Gasteiger partial charge is 0.417 e. The van der Waals surface area contributed by atoms with Gasteiger partial charge in [0.25, 0.3) is 0 Å². The maximum absolute atomic E-state index is 14.4. The fraction of sp³-hybridized carbons (Fsp3) is 0.543. The lowest BCUT2D eigenvalue weighted by molar-refractivity contribution is -0.137. The first-order valence-corrected chi connectivity index (χ1v) is 18.3. The van der Waals surface area contributed by atoms with Crippen molar-refractivity contribution in [1.82, 2.24) is 24.3 Å². The second-order valence-electron chi connectivity index (χ2n) is 14.3. The van der Waals surface area contributed by atoms with Gasteiger partial charge in [-0.2, -0.15) is 18.2 Å². The molecule has 2 aromatic carbocycles. The van der Waals surface area contributed by atoms with Gasteiger partial charge >= 0.3 is 24.1 Å². The van der Waals surface area contributed by atoms with Crippen LogP contribution in [0.1, 0.15) is 51.8 Å². The Morgan fingerprint density at radius 2 is 1.69 bits per heavy atom. The van der Waals surface area contributed by atoms with Crippen LogP contribution in [0.2, 0.25) is 5.02 Å². The van der Waals surface area contributed by atoms with Crippen LogP contribution in [-0.2, 0) is 22.3 Å². The summed E-state index contributed by atoms with van der Waals surface area (Å²) in [5, 5.41) is -0.267. The average molecular weight is 751 g/mol. The monoisotopic (exact) mass is 750 g/mol. The maximum atomic E-state index is 14.4. The van der Waals surface area contributed by atoms with E-state index in [0.717, 1.165) is 11.6 Å². The number of rotatable bonds is 5. The SMILES string of the molecule is C[C@H]1CN(c2nc(=O)n3c4c(c(Cl)c(C(F)(F)F)cc24)SC[C@@H]3CN2CCN(C(=O)OCc3ccccc3)CC2)[C@@H](C)CN1C(=O)OC(C)(C)C. The van der Waals surface area contributed by atoms with Crippen LogP contribution in [0.25, 0.3) is 10.9 Å². The van der Waals surface area contributed by atoms with Crippen LogP contribution in [0.5, 0.6) is 0 Å². The highest BCUT2D eigenvalue weighted by molar-refractivity contribution is 7.99. The van der Waals surface area contributed by atoms with Gasteiger partial charge in [-0.1, -0.05) is 41.9 Å². The summed E-state index contributed by atoms with van der Waals surface area (Å²) in [6.45, 7) is 12.0. The van der Waals surface area contributed by atoms with E-state index in [9.17, 15) is 27.6 Å². The maximum Gasteiger partial charge on any atom is 0.417 e. The molecule has 16 heteroatoms. The molecule has 0 N–H and O–H groups in total. The number of hydrogen-bond acceptors (Lipinski definition) is 9. The van der Waals surface area contributed by atoms with E-state index in [-0.39, 0.29) is 41.8 Å². The fourth-order valence-electron chi connectivity index (χ4n) is 6.84. The van der Waals surface area contributed by atoms with Gasteiger partial charge in [-0.25, -0.2) is 14.4 Å². The molecule has 11 nitrogen and oxygen atoms in total. The van der Waals surface area contributed by atoms with Crippen molar-refractivity contribution in [2.45, 2.75) is 76.0 Å². The Kier molecular flexibility index (Phi) is 10.5. The third-order valence-corrected chi connectivity index (χ3v) is 11.1. The Balaban J connectivity index is 1.26. The highest BCUT2D eigenvalue weighted by Gasteiger charge is 2.41. The fourth-order valence-corrected chi connectivity index (χ4v) is 8.45. The molecule has 0 spiro atoms. The molecule has 2 amide bonds. The molecule has 0 aliphatic carbocycles. The number of piperazine rings is 2. The minimum absolute atomic E-state index is 0.127. The van der Waals surface area contributed by atoms with Gasteiger partial charge < -0.3 is 24.2 Å². The van der Waals surface area contributed by atoms with Gasteiger partial charge in [0.15, 0.2) is 0 Å². The molecular weight excluding hydrogens is 709 g/mol. The van der Waals surface area contributed by atoms with Gasteiger partial charge in [-0.3, -0.25) is 9.47 Å². The number of alkyl halides is 3. The van der Waals surface area contributed by atoms with Gasteiger partial charge in [0.05, 0.1) is 27.0 Å². The Hall–Kier alpha value is -3.69. The first-order chi connectivity index (χ1) is 24.0. The third kappa shape index (κ3) is 7.90. The topological polar surface area (TPSA) is 100 Å². The van der Waals surface area contributed by atoms with E-state index in [4.69, 9.17) is 21.1 Å². The lowest BCUT2D eigenvalue weighted by Gasteiger charge is -2.45. The summed E-state index contributed by atoms with van der Waals surface area (Å²) < 4.78 is 55.7. The normalized spacial score (nSPS) is 21.6. The van der Waals surface area contributed by atoms with Crippen LogP contribution in [0, 0.1) is 0 Å². The number of hydrogen-bond donors (Lipinski definition) is 0. The van der Waals surface area contributed by atoms with E-state index < -0.39 is 52.3 Å². The van der Waals surface area contributed by atoms with E-state index in [1.807, 2.05) is 44.2 Å². The van der Waals surface area contributed by atoms with E-state index in [0.29, 0.717) is 44.0 Å². The Morgan fingerprint density at radius 1 is 1.00 bits per heavy atom. The van der Waals surface area contributed by atoms with Gasteiger partial charge in [-0.05, 0) is 46.2 Å². The number of ether oxygens (including phenoxy) is 2. The van der Waals surface area contributed by atoms with Crippen molar-refractivity contribution in [2.24, 2.45) is 0 Å². The van der Waals surface area contributed by atoms with Crippen molar-refractivity contribution < 1.29 is 32.2 Å². The van der Waals surface area contributed by atoms with Crippen LogP contribution >= 0.6 is 23.4 Å². The Morgan fingerprint density at radius 3 is 2.33 bits per heavy atom. The lowest BCUT2D eigenvalue weighted by atomic mass is 10.1. The summed E-state index contributed by atoms with van der Waals surface area (Å²) in [6, 6.07) is 9.24. The minimum atomic E-state index is -4.74. The molecule has 2 fully saturated rings. The zero-order chi connectivity index (χ0) is 36.8. The van der Waals surface area contributed by atoms with Crippen LogP contribution in [-0.4, -0.2) is 106 Å². The number of anilines is 1. The largest absolute Gasteiger partial charge is 0.445 e. The summed E-state index contributed by atoms with van der Waals surface area (Å²) in [6.07, 6.45) is -5.63. The molecule has 0 saturated carbocycles. The first-order valence-electron chi connectivity index (χ1n) is 16.9. The van der Waals surface area contributed by atoms with Crippen molar-refractivity contribution in [3.05, 3.63) is 63.0 Å². The Labute approximate surface area is 303 Å².